The SMILES string of the molecule is CN(C)Cc1ncc2n1CCN(C(C)(C)C)C2. The second-order valence-corrected chi connectivity index (χ2v) is 6.15. The standard InChI is InChI=1S/C13H24N4/c1-13(2,3)16-6-7-17-11(9-16)8-14-12(17)10-15(4)5/h8H,6-7,9-10H2,1-5H3. The van der Waals surface area contributed by atoms with Gasteiger partial charge in [-0.15, -0.1) is 0 Å². The molecule has 96 valence electrons. The smallest absolute Gasteiger partial charge is 0.123 e. The molecule has 2 heterocycles. The van der Waals surface area contributed by atoms with Gasteiger partial charge in [-0.2, -0.15) is 0 Å². The van der Waals surface area contributed by atoms with E-state index in [1.165, 1.54) is 11.5 Å². The minimum absolute atomic E-state index is 0.247. The van der Waals surface area contributed by atoms with Crippen molar-refractivity contribution in [2.24, 2.45) is 0 Å². The minimum atomic E-state index is 0.247. The van der Waals surface area contributed by atoms with E-state index in [1.54, 1.807) is 0 Å². The Bertz CT molecular complexity index is 387. The third-order valence-electron chi connectivity index (χ3n) is 3.37. The molecule has 1 aliphatic heterocycles. The van der Waals surface area contributed by atoms with E-state index in [0.717, 1.165) is 26.2 Å². The van der Waals surface area contributed by atoms with E-state index >= 15 is 0 Å². The maximum atomic E-state index is 4.55. The number of aromatic nitrogens is 2. The van der Waals surface area contributed by atoms with E-state index in [2.05, 4.69) is 54.2 Å². The summed E-state index contributed by atoms with van der Waals surface area (Å²) in [5.41, 5.74) is 1.60. The molecule has 0 radical (unpaired) electrons. The third-order valence-corrected chi connectivity index (χ3v) is 3.37. The molecule has 1 aromatic heterocycles. The molecule has 0 saturated carbocycles. The third kappa shape index (κ3) is 2.69. The first-order valence-electron chi connectivity index (χ1n) is 6.31. The van der Waals surface area contributed by atoms with Gasteiger partial charge in [0, 0.05) is 31.4 Å². The molecule has 0 saturated heterocycles. The molecule has 0 fully saturated rings. The second kappa shape index (κ2) is 4.42. The Morgan fingerprint density at radius 3 is 2.59 bits per heavy atom. The Kier molecular flexibility index (Phi) is 3.27. The van der Waals surface area contributed by atoms with Crippen molar-refractivity contribution in [2.45, 2.75) is 45.9 Å². The average Bonchev–Trinajstić information content (AvgIpc) is 2.59. The van der Waals surface area contributed by atoms with Crippen molar-refractivity contribution in [3.8, 4) is 0 Å². The summed E-state index contributed by atoms with van der Waals surface area (Å²) < 4.78 is 2.38. The first-order valence-corrected chi connectivity index (χ1v) is 6.31. The van der Waals surface area contributed by atoms with Gasteiger partial charge in [0.05, 0.1) is 12.2 Å². The number of hydrogen-bond acceptors (Lipinski definition) is 3. The lowest BCUT2D eigenvalue weighted by atomic mass is 10.0. The molecule has 2 rings (SSSR count). The molecule has 4 heteroatoms. The van der Waals surface area contributed by atoms with E-state index in [1.807, 2.05) is 6.20 Å². The van der Waals surface area contributed by atoms with Crippen LogP contribution < -0.4 is 0 Å². The van der Waals surface area contributed by atoms with Crippen LogP contribution in [0.4, 0.5) is 0 Å². The topological polar surface area (TPSA) is 24.3 Å². The lowest BCUT2D eigenvalue weighted by Gasteiger charge is -2.39. The van der Waals surface area contributed by atoms with E-state index in [4.69, 9.17) is 0 Å². The van der Waals surface area contributed by atoms with E-state index in [0.29, 0.717) is 0 Å². The Balaban J connectivity index is 2.16. The lowest BCUT2D eigenvalue weighted by molar-refractivity contribution is 0.101. The summed E-state index contributed by atoms with van der Waals surface area (Å²) in [4.78, 5) is 9.24. The Morgan fingerprint density at radius 1 is 1.29 bits per heavy atom. The highest BCUT2D eigenvalue weighted by molar-refractivity contribution is 5.09. The summed E-state index contributed by atoms with van der Waals surface area (Å²) in [6.07, 6.45) is 2.04. The second-order valence-electron chi connectivity index (χ2n) is 6.15. The van der Waals surface area contributed by atoms with Crippen LogP contribution in [0.25, 0.3) is 0 Å². The van der Waals surface area contributed by atoms with Gasteiger partial charge in [0.2, 0.25) is 0 Å². The summed E-state index contributed by atoms with van der Waals surface area (Å²) >= 11 is 0. The number of imidazole rings is 1. The number of nitrogens with zero attached hydrogens (tertiary/aromatic N) is 4. The molecule has 0 N–H and O–H groups in total. The maximum absolute atomic E-state index is 4.55. The van der Waals surface area contributed by atoms with Crippen LogP contribution in [0.3, 0.4) is 0 Å². The molecule has 17 heavy (non-hydrogen) atoms. The number of hydrogen-bond donors (Lipinski definition) is 0. The summed E-state index contributed by atoms with van der Waals surface area (Å²) in [6.45, 7) is 11.0. The highest BCUT2D eigenvalue weighted by Crippen LogP contribution is 2.22. The van der Waals surface area contributed by atoms with Crippen molar-refractivity contribution in [3.63, 3.8) is 0 Å². The molecule has 0 aliphatic carbocycles. The van der Waals surface area contributed by atoms with Crippen molar-refractivity contribution < 1.29 is 0 Å². The summed E-state index contributed by atoms with van der Waals surface area (Å²) in [5, 5.41) is 0. The molecule has 1 aromatic rings. The van der Waals surface area contributed by atoms with Crippen LogP contribution in [0.2, 0.25) is 0 Å². The summed E-state index contributed by atoms with van der Waals surface area (Å²) in [7, 11) is 4.18. The minimum Gasteiger partial charge on any atom is -0.328 e. The van der Waals surface area contributed by atoms with Gasteiger partial charge in [-0.05, 0) is 34.9 Å². The highest BCUT2D eigenvalue weighted by Gasteiger charge is 2.27. The molecule has 1 aliphatic rings. The molecule has 0 unspecified atom stereocenters. The fourth-order valence-electron chi connectivity index (χ4n) is 2.33. The normalized spacial score (nSPS) is 17.5. The molecule has 0 aromatic carbocycles. The van der Waals surface area contributed by atoms with Crippen molar-refractivity contribution >= 4 is 0 Å². The van der Waals surface area contributed by atoms with Gasteiger partial charge in [0.15, 0.2) is 0 Å². The molecule has 0 bridgehead atoms. The van der Waals surface area contributed by atoms with E-state index in [9.17, 15) is 0 Å². The monoisotopic (exact) mass is 236 g/mol. The molecular weight excluding hydrogens is 212 g/mol. The maximum Gasteiger partial charge on any atom is 0.123 e. The molecule has 0 atom stereocenters. The van der Waals surface area contributed by atoms with Gasteiger partial charge in [-0.3, -0.25) is 4.90 Å². The molecule has 0 spiro atoms. The average molecular weight is 236 g/mol. The zero-order chi connectivity index (χ0) is 12.6. The summed E-state index contributed by atoms with van der Waals surface area (Å²) in [5.74, 6) is 1.19. The van der Waals surface area contributed by atoms with Crippen molar-refractivity contribution in [1.82, 2.24) is 19.4 Å². The van der Waals surface area contributed by atoms with Gasteiger partial charge in [0.25, 0.3) is 0 Å². The fraction of sp³-hybridized carbons (Fsp3) is 0.769. The molecular formula is C13H24N4. The zero-order valence-electron chi connectivity index (χ0n) is 11.7. The van der Waals surface area contributed by atoms with Crippen LogP contribution in [0.15, 0.2) is 6.20 Å². The predicted molar refractivity (Wildman–Crippen MR) is 69.8 cm³/mol. The van der Waals surface area contributed by atoms with Gasteiger partial charge in [-0.1, -0.05) is 0 Å². The van der Waals surface area contributed by atoms with Crippen LogP contribution in [-0.2, 0) is 19.6 Å². The quantitative estimate of drug-likeness (QED) is 0.779. The number of fused-ring (bicyclic) bond motifs is 1. The fourth-order valence-corrected chi connectivity index (χ4v) is 2.33. The Hall–Kier alpha value is -0.870. The van der Waals surface area contributed by atoms with Gasteiger partial charge in [0.1, 0.15) is 5.82 Å². The van der Waals surface area contributed by atoms with Crippen molar-refractivity contribution in [1.29, 1.82) is 0 Å². The van der Waals surface area contributed by atoms with Crippen LogP contribution in [-0.4, -0.2) is 45.5 Å². The van der Waals surface area contributed by atoms with Gasteiger partial charge in [-0.25, -0.2) is 4.98 Å². The van der Waals surface area contributed by atoms with E-state index in [-0.39, 0.29) is 5.54 Å². The van der Waals surface area contributed by atoms with Gasteiger partial charge < -0.3 is 9.47 Å². The molecule has 4 nitrogen and oxygen atoms in total. The predicted octanol–water partition coefficient (Wildman–Crippen LogP) is 1.56. The lowest BCUT2D eigenvalue weighted by Crippen LogP contribution is -2.45. The Labute approximate surface area is 104 Å². The first kappa shape index (κ1) is 12.6. The Morgan fingerprint density at radius 2 is 2.00 bits per heavy atom. The van der Waals surface area contributed by atoms with Crippen LogP contribution in [0.1, 0.15) is 32.3 Å². The molecule has 0 amide bonds. The first-order chi connectivity index (χ1) is 7.88. The van der Waals surface area contributed by atoms with Crippen LogP contribution in [0, 0.1) is 0 Å². The van der Waals surface area contributed by atoms with E-state index < -0.39 is 0 Å². The van der Waals surface area contributed by atoms with Crippen LogP contribution in [0.5, 0.6) is 0 Å². The number of rotatable bonds is 2. The summed E-state index contributed by atoms with van der Waals surface area (Å²) in [6, 6.07) is 0. The largest absolute Gasteiger partial charge is 0.328 e. The van der Waals surface area contributed by atoms with Crippen molar-refractivity contribution in [3.05, 3.63) is 17.7 Å². The van der Waals surface area contributed by atoms with Gasteiger partial charge >= 0.3 is 0 Å². The van der Waals surface area contributed by atoms with Crippen LogP contribution >= 0.6 is 0 Å². The zero-order valence-corrected chi connectivity index (χ0v) is 11.7. The van der Waals surface area contributed by atoms with Crippen molar-refractivity contribution in [2.75, 3.05) is 20.6 Å². The highest BCUT2D eigenvalue weighted by atomic mass is 15.3.